The average Bonchev–Trinajstić information content (AvgIpc) is 3.09. The number of hydrogen-bond acceptors (Lipinski definition) is 21. The number of carbonyl (C=O) groups is 2. The van der Waals surface area contributed by atoms with Crippen LogP contribution in [0.2, 0.25) is 0 Å². The summed E-state index contributed by atoms with van der Waals surface area (Å²) in [6, 6.07) is -2.96. The van der Waals surface area contributed by atoms with E-state index in [0.29, 0.717) is 0 Å². The molecule has 0 bridgehead atoms. The van der Waals surface area contributed by atoms with Gasteiger partial charge in [-0.3, -0.25) is 9.59 Å². The van der Waals surface area contributed by atoms with Gasteiger partial charge in [-0.15, -0.1) is 0 Å². The van der Waals surface area contributed by atoms with Crippen molar-refractivity contribution < 1.29 is 104 Å². The van der Waals surface area contributed by atoms with Gasteiger partial charge in [-0.1, -0.05) is 0 Å². The fourth-order valence-electron chi connectivity index (χ4n) is 6.35. The van der Waals surface area contributed by atoms with Crippen molar-refractivity contribution in [2.45, 2.75) is 137 Å². The van der Waals surface area contributed by atoms with Gasteiger partial charge in [0.2, 0.25) is 11.8 Å². The minimum Gasteiger partial charge on any atom is -0.394 e. The fourth-order valence-corrected chi connectivity index (χ4v) is 6.35. The molecule has 23 nitrogen and oxygen atoms in total. The largest absolute Gasteiger partial charge is 0.394 e. The van der Waals surface area contributed by atoms with E-state index >= 15 is 0 Å². The molecule has 4 saturated heterocycles. The van der Waals surface area contributed by atoms with Crippen molar-refractivity contribution in [1.82, 2.24) is 10.6 Å². The number of carbonyl (C=O) groups excluding carboxylic acids is 2. The molecule has 0 radical (unpaired) electrons. The summed E-state index contributed by atoms with van der Waals surface area (Å²) in [5.41, 5.74) is 0. The summed E-state index contributed by atoms with van der Waals surface area (Å²) < 4.78 is 38.9. The molecule has 0 aromatic rings. The lowest BCUT2D eigenvalue weighted by molar-refractivity contribution is -0.382. The predicted octanol–water partition coefficient (Wildman–Crippen LogP) is -9.46. The lowest BCUT2D eigenvalue weighted by Gasteiger charge is -2.49. The first-order valence-electron chi connectivity index (χ1n) is 16.1. The second kappa shape index (κ2) is 18.0. The maximum absolute atomic E-state index is 11.8. The third-order valence-electron chi connectivity index (χ3n) is 9.01. The van der Waals surface area contributed by atoms with E-state index < -0.39 is 161 Å². The zero-order valence-electron chi connectivity index (χ0n) is 27.4. The molecule has 2 amide bonds. The highest BCUT2D eigenvalue weighted by Gasteiger charge is 2.55. The van der Waals surface area contributed by atoms with Crippen molar-refractivity contribution in [3.8, 4) is 0 Å². The Morgan fingerprint density at radius 2 is 0.902 bits per heavy atom. The van der Waals surface area contributed by atoms with Crippen molar-refractivity contribution >= 4 is 11.8 Å². The highest BCUT2D eigenvalue weighted by Crippen LogP contribution is 2.34. The molecule has 0 spiro atoms. The van der Waals surface area contributed by atoms with E-state index in [2.05, 4.69) is 10.6 Å². The van der Waals surface area contributed by atoms with Crippen molar-refractivity contribution in [1.29, 1.82) is 0 Å². The Morgan fingerprint density at radius 1 is 0.471 bits per heavy atom. The number of nitrogens with one attached hydrogen (secondary N) is 2. The highest BCUT2D eigenvalue weighted by molar-refractivity contribution is 5.73. The minimum absolute atomic E-state index is 0.681. The summed E-state index contributed by atoms with van der Waals surface area (Å²) in [6.07, 6.45) is -31.6. The first-order chi connectivity index (χ1) is 24.1. The number of amides is 2. The Labute approximate surface area is 289 Å². The summed E-state index contributed by atoms with van der Waals surface area (Å²) in [4.78, 5) is 23.6. The topological polar surface area (TPSA) is 366 Å². The van der Waals surface area contributed by atoms with Crippen molar-refractivity contribution in [2.75, 3.05) is 26.4 Å². The first kappa shape index (κ1) is 41.9. The van der Waals surface area contributed by atoms with E-state index in [1.807, 2.05) is 0 Å². The molecule has 296 valence electrons. The summed E-state index contributed by atoms with van der Waals surface area (Å²) in [5.74, 6) is -1.38. The summed E-state index contributed by atoms with van der Waals surface area (Å²) in [7, 11) is 0. The van der Waals surface area contributed by atoms with Crippen LogP contribution in [0, 0.1) is 0 Å². The zero-order chi connectivity index (χ0) is 37.9. The van der Waals surface area contributed by atoms with E-state index in [1.54, 1.807) is 0 Å². The van der Waals surface area contributed by atoms with Gasteiger partial charge >= 0.3 is 0 Å². The van der Waals surface area contributed by atoms with Crippen LogP contribution in [0.25, 0.3) is 0 Å². The molecule has 14 N–H and O–H groups in total. The second-order valence-electron chi connectivity index (χ2n) is 12.6. The maximum atomic E-state index is 11.8. The number of aliphatic hydroxyl groups is 12. The molecule has 0 aromatic heterocycles. The van der Waals surface area contributed by atoms with Crippen LogP contribution in [0.1, 0.15) is 13.8 Å². The maximum Gasteiger partial charge on any atom is 0.217 e. The number of hydrogen-bond donors (Lipinski definition) is 14. The van der Waals surface area contributed by atoms with Crippen LogP contribution in [-0.2, 0) is 42.7 Å². The predicted molar refractivity (Wildman–Crippen MR) is 157 cm³/mol. The monoisotopic (exact) mass is 748 g/mol. The second-order valence-corrected chi connectivity index (χ2v) is 12.6. The van der Waals surface area contributed by atoms with Crippen LogP contribution in [0.5, 0.6) is 0 Å². The number of rotatable bonds is 12. The Morgan fingerprint density at radius 3 is 1.47 bits per heavy atom. The molecule has 4 heterocycles. The van der Waals surface area contributed by atoms with Gasteiger partial charge < -0.3 is 105 Å². The molecule has 4 aliphatic heterocycles. The molecule has 0 aromatic carbocycles. The molecule has 4 rings (SSSR count). The summed E-state index contributed by atoms with van der Waals surface area (Å²) in [6.45, 7) is -1.26. The van der Waals surface area contributed by atoms with E-state index in [-0.39, 0.29) is 0 Å². The number of ether oxygens (including phenoxy) is 7. The molecule has 4 fully saturated rings. The fraction of sp³-hybridized carbons (Fsp3) is 0.929. The highest BCUT2D eigenvalue weighted by atomic mass is 16.8. The average molecular weight is 749 g/mol. The molecule has 1 unspecified atom stereocenters. The Bertz CT molecular complexity index is 1140. The molecule has 0 aliphatic carbocycles. The van der Waals surface area contributed by atoms with Crippen LogP contribution in [0.3, 0.4) is 0 Å². The minimum atomic E-state index is -2.06. The molecule has 0 saturated carbocycles. The van der Waals surface area contributed by atoms with Crippen molar-refractivity contribution in [2.24, 2.45) is 0 Å². The van der Waals surface area contributed by atoms with Crippen molar-refractivity contribution in [3.05, 3.63) is 0 Å². The summed E-state index contributed by atoms with van der Waals surface area (Å²) >= 11 is 0. The van der Waals surface area contributed by atoms with Gasteiger partial charge in [-0.05, 0) is 0 Å². The lowest BCUT2D eigenvalue weighted by atomic mass is 9.94. The van der Waals surface area contributed by atoms with Gasteiger partial charge in [0.25, 0.3) is 0 Å². The van der Waals surface area contributed by atoms with Gasteiger partial charge in [0.05, 0.1) is 26.4 Å². The first-order valence-corrected chi connectivity index (χ1v) is 16.1. The van der Waals surface area contributed by atoms with Crippen LogP contribution in [-0.4, -0.2) is 222 Å². The van der Waals surface area contributed by atoms with Gasteiger partial charge in [0, 0.05) is 13.8 Å². The molecular formula is C28H48N2O21. The SMILES string of the molecule is CC(=O)N[C@H]1[C@H](O[C@H]2[C@@H](O)[C@@H](CO)O[C@@H](O[C@@H]3[C@H](O)[C@@H](O)[C@H](O[C@H]4[C@@H](O)[C@@H](CO)OC(O)[C@@H]4NC(C)=O)O[C@@H]3CO)[C@@H]2O)O[C@H](CO)[C@H](O)[C@@H]1O. The molecule has 51 heavy (non-hydrogen) atoms. The Balaban J connectivity index is 1.53. The summed E-state index contributed by atoms with van der Waals surface area (Å²) in [5, 5.41) is 130. The van der Waals surface area contributed by atoms with E-state index in [4.69, 9.17) is 33.2 Å². The van der Waals surface area contributed by atoms with Gasteiger partial charge in [-0.25, -0.2) is 0 Å². The van der Waals surface area contributed by atoms with Crippen LogP contribution in [0.15, 0.2) is 0 Å². The van der Waals surface area contributed by atoms with E-state index in [1.165, 1.54) is 0 Å². The van der Waals surface area contributed by atoms with E-state index in [0.717, 1.165) is 13.8 Å². The lowest BCUT2D eigenvalue weighted by Crippen LogP contribution is -2.69. The third kappa shape index (κ3) is 9.11. The molecule has 4 aliphatic rings. The standard InChI is InChI=1S/C28H48N2O21/c1-7(35)29-13-18(40)15(37)9(3-31)46-26(13)51-24-17(39)11(5-33)47-28(21(24)43)49-22-12(6-34)48-27(20(42)19(22)41)50-23-14(30-8(2)36)25(44)45-10(4-32)16(23)38/h9-28,31-34,37-44H,3-6H2,1-2H3,(H,29,35)(H,30,36)/t9-,10-,11-,12-,13-,14-,15+,16+,17+,18-,19-,20-,21-,22+,23-,24+,25?,26+,27+,28+/m1/s1. The number of aliphatic hydroxyl groups excluding tert-OH is 12. The van der Waals surface area contributed by atoms with Crippen LogP contribution < -0.4 is 10.6 Å². The Kier molecular flexibility index (Phi) is 14.8. The quantitative estimate of drug-likeness (QED) is 0.0881. The van der Waals surface area contributed by atoms with Crippen LogP contribution >= 0.6 is 0 Å². The Hall–Kier alpha value is -1.82. The van der Waals surface area contributed by atoms with Gasteiger partial charge in [-0.2, -0.15) is 0 Å². The zero-order valence-corrected chi connectivity index (χ0v) is 27.4. The van der Waals surface area contributed by atoms with Gasteiger partial charge in [0.15, 0.2) is 25.2 Å². The third-order valence-corrected chi connectivity index (χ3v) is 9.01. The van der Waals surface area contributed by atoms with Gasteiger partial charge in [0.1, 0.15) is 97.5 Å². The molecule has 23 heteroatoms. The normalized spacial score (nSPS) is 47.8. The smallest absolute Gasteiger partial charge is 0.217 e. The molecular weight excluding hydrogens is 700 g/mol. The van der Waals surface area contributed by atoms with E-state index in [9.17, 15) is 70.9 Å². The van der Waals surface area contributed by atoms with Crippen molar-refractivity contribution in [3.63, 3.8) is 0 Å². The van der Waals surface area contributed by atoms with Crippen LogP contribution in [0.4, 0.5) is 0 Å². The molecule has 20 atom stereocenters.